The van der Waals surface area contributed by atoms with Crippen LogP contribution in [0.15, 0.2) is 11.8 Å². The fraction of sp³-hybridized carbons (Fsp3) is 0.778. The molecule has 2 nitrogen and oxygen atoms in total. The van der Waals surface area contributed by atoms with Crippen LogP contribution in [0.4, 0.5) is 0 Å². The average Bonchev–Trinajstić information content (AvgIpc) is 1.85. The Labute approximate surface area is 69.8 Å². The van der Waals surface area contributed by atoms with E-state index in [0.29, 0.717) is 0 Å². The first-order valence-corrected chi connectivity index (χ1v) is 4.02. The SMILES string of the molecule is CC(C)=COCCCN(C)C. The summed E-state index contributed by atoms with van der Waals surface area (Å²) in [7, 11) is 4.14. The van der Waals surface area contributed by atoms with Crippen LogP contribution in [0.5, 0.6) is 0 Å². The van der Waals surface area contributed by atoms with Gasteiger partial charge in [0.2, 0.25) is 0 Å². The molecule has 0 aromatic rings. The van der Waals surface area contributed by atoms with E-state index >= 15 is 0 Å². The van der Waals surface area contributed by atoms with Gasteiger partial charge >= 0.3 is 0 Å². The number of hydrogen-bond donors (Lipinski definition) is 0. The van der Waals surface area contributed by atoms with E-state index in [1.54, 1.807) is 0 Å². The van der Waals surface area contributed by atoms with Crippen molar-refractivity contribution in [3.8, 4) is 0 Å². The molecule has 0 aromatic heterocycles. The molecule has 0 aliphatic rings. The molecule has 0 atom stereocenters. The Morgan fingerprint density at radius 2 is 2.00 bits per heavy atom. The maximum Gasteiger partial charge on any atom is 0.0885 e. The Morgan fingerprint density at radius 3 is 2.45 bits per heavy atom. The van der Waals surface area contributed by atoms with E-state index < -0.39 is 0 Å². The van der Waals surface area contributed by atoms with Gasteiger partial charge in [0.05, 0.1) is 12.9 Å². The van der Waals surface area contributed by atoms with Crippen LogP contribution in [0.25, 0.3) is 0 Å². The molecule has 0 unspecified atom stereocenters. The van der Waals surface area contributed by atoms with Crippen LogP contribution in [0.3, 0.4) is 0 Å². The standard InChI is InChI=1S/C9H19NO/c1-9(2)8-11-7-5-6-10(3)4/h8H,5-7H2,1-4H3. The summed E-state index contributed by atoms with van der Waals surface area (Å²) in [5.74, 6) is 0. The van der Waals surface area contributed by atoms with Crippen LogP contribution in [-0.4, -0.2) is 32.1 Å². The highest BCUT2D eigenvalue weighted by Gasteiger charge is 1.88. The maximum absolute atomic E-state index is 5.26. The van der Waals surface area contributed by atoms with E-state index in [1.807, 2.05) is 20.1 Å². The summed E-state index contributed by atoms with van der Waals surface area (Å²) in [4.78, 5) is 2.16. The Kier molecular flexibility index (Phi) is 5.94. The average molecular weight is 157 g/mol. The van der Waals surface area contributed by atoms with Crippen molar-refractivity contribution in [2.45, 2.75) is 20.3 Å². The highest BCUT2D eigenvalue weighted by molar-refractivity contribution is 4.86. The number of allylic oxidation sites excluding steroid dienone is 1. The molecule has 0 heterocycles. The summed E-state index contributed by atoms with van der Waals surface area (Å²) in [6.07, 6.45) is 2.91. The molecule has 0 bridgehead atoms. The second kappa shape index (κ2) is 6.23. The molecule has 2 heteroatoms. The van der Waals surface area contributed by atoms with Crippen LogP contribution in [0.1, 0.15) is 20.3 Å². The molecule has 66 valence electrons. The topological polar surface area (TPSA) is 12.5 Å². The molecule has 0 amide bonds. The van der Waals surface area contributed by atoms with Gasteiger partial charge in [-0.1, -0.05) is 0 Å². The van der Waals surface area contributed by atoms with Gasteiger partial charge in [-0.05, 0) is 39.9 Å². The van der Waals surface area contributed by atoms with E-state index in [1.165, 1.54) is 5.57 Å². The fourth-order valence-electron chi connectivity index (χ4n) is 0.690. The first-order chi connectivity index (χ1) is 5.13. The Balaban J connectivity index is 3.09. The van der Waals surface area contributed by atoms with E-state index in [4.69, 9.17) is 4.74 Å². The first kappa shape index (κ1) is 10.5. The van der Waals surface area contributed by atoms with Gasteiger partial charge in [0.15, 0.2) is 0 Å². The minimum atomic E-state index is 0.823. The summed E-state index contributed by atoms with van der Waals surface area (Å²) in [5, 5.41) is 0. The lowest BCUT2D eigenvalue weighted by molar-refractivity contribution is 0.226. The van der Waals surface area contributed by atoms with Crippen molar-refractivity contribution in [3.63, 3.8) is 0 Å². The molecule has 0 spiro atoms. The Bertz CT molecular complexity index is 115. The van der Waals surface area contributed by atoms with Gasteiger partial charge in [-0.2, -0.15) is 0 Å². The highest BCUT2D eigenvalue weighted by atomic mass is 16.5. The Hall–Kier alpha value is -0.500. The number of rotatable bonds is 5. The van der Waals surface area contributed by atoms with Crippen LogP contribution in [0, 0.1) is 0 Å². The zero-order valence-electron chi connectivity index (χ0n) is 8.05. The van der Waals surface area contributed by atoms with Gasteiger partial charge in [-0.3, -0.25) is 0 Å². The van der Waals surface area contributed by atoms with Crippen molar-refractivity contribution in [2.24, 2.45) is 0 Å². The number of hydrogen-bond acceptors (Lipinski definition) is 2. The predicted octanol–water partition coefficient (Wildman–Crippen LogP) is 1.88. The summed E-state index contributed by atoms with van der Waals surface area (Å²) in [6, 6.07) is 0. The normalized spacial score (nSPS) is 9.91. The molecule has 0 aliphatic heterocycles. The zero-order valence-corrected chi connectivity index (χ0v) is 8.05. The van der Waals surface area contributed by atoms with Crippen LogP contribution >= 0.6 is 0 Å². The molecule has 0 N–H and O–H groups in total. The third-order valence-corrected chi connectivity index (χ3v) is 1.19. The van der Waals surface area contributed by atoms with E-state index in [-0.39, 0.29) is 0 Å². The van der Waals surface area contributed by atoms with Crippen molar-refractivity contribution in [2.75, 3.05) is 27.2 Å². The minimum Gasteiger partial charge on any atom is -0.501 e. The first-order valence-electron chi connectivity index (χ1n) is 4.02. The summed E-state index contributed by atoms with van der Waals surface area (Å²) in [6.45, 7) is 5.98. The summed E-state index contributed by atoms with van der Waals surface area (Å²) >= 11 is 0. The van der Waals surface area contributed by atoms with E-state index in [0.717, 1.165) is 19.6 Å². The van der Waals surface area contributed by atoms with E-state index in [2.05, 4.69) is 19.0 Å². The predicted molar refractivity (Wildman–Crippen MR) is 48.6 cm³/mol. The fourth-order valence-corrected chi connectivity index (χ4v) is 0.690. The van der Waals surface area contributed by atoms with Crippen molar-refractivity contribution >= 4 is 0 Å². The van der Waals surface area contributed by atoms with Crippen molar-refractivity contribution in [1.29, 1.82) is 0 Å². The molecular formula is C9H19NO. The Morgan fingerprint density at radius 1 is 1.36 bits per heavy atom. The molecule has 0 rings (SSSR count). The summed E-state index contributed by atoms with van der Waals surface area (Å²) < 4.78 is 5.26. The smallest absolute Gasteiger partial charge is 0.0885 e. The lowest BCUT2D eigenvalue weighted by Gasteiger charge is -2.08. The van der Waals surface area contributed by atoms with Crippen molar-refractivity contribution in [3.05, 3.63) is 11.8 Å². The highest BCUT2D eigenvalue weighted by Crippen LogP contribution is 1.91. The summed E-state index contributed by atoms with van der Waals surface area (Å²) in [5.41, 5.74) is 1.22. The van der Waals surface area contributed by atoms with Gasteiger partial charge in [0.1, 0.15) is 0 Å². The molecule has 0 aromatic carbocycles. The maximum atomic E-state index is 5.26. The molecular weight excluding hydrogens is 138 g/mol. The van der Waals surface area contributed by atoms with Gasteiger partial charge in [-0.25, -0.2) is 0 Å². The van der Waals surface area contributed by atoms with Gasteiger partial charge in [-0.15, -0.1) is 0 Å². The second-order valence-electron chi connectivity index (χ2n) is 3.22. The zero-order chi connectivity index (χ0) is 8.69. The third-order valence-electron chi connectivity index (χ3n) is 1.19. The minimum absolute atomic E-state index is 0.823. The van der Waals surface area contributed by atoms with Crippen molar-refractivity contribution < 1.29 is 4.74 Å². The van der Waals surface area contributed by atoms with Crippen LogP contribution in [-0.2, 0) is 4.74 Å². The molecule has 0 saturated carbocycles. The second-order valence-corrected chi connectivity index (χ2v) is 3.22. The molecule has 0 fully saturated rings. The van der Waals surface area contributed by atoms with Gasteiger partial charge in [0, 0.05) is 6.54 Å². The molecule has 0 radical (unpaired) electrons. The van der Waals surface area contributed by atoms with Gasteiger partial charge < -0.3 is 9.64 Å². The van der Waals surface area contributed by atoms with Crippen molar-refractivity contribution in [1.82, 2.24) is 4.90 Å². The largest absolute Gasteiger partial charge is 0.501 e. The lowest BCUT2D eigenvalue weighted by atomic mass is 10.4. The lowest BCUT2D eigenvalue weighted by Crippen LogP contribution is -2.14. The van der Waals surface area contributed by atoms with E-state index in [9.17, 15) is 0 Å². The molecule has 11 heavy (non-hydrogen) atoms. The van der Waals surface area contributed by atoms with Gasteiger partial charge in [0.25, 0.3) is 0 Å². The number of nitrogens with zero attached hydrogens (tertiary/aromatic N) is 1. The third kappa shape index (κ3) is 9.50. The molecule has 0 saturated heterocycles. The van der Waals surface area contributed by atoms with Crippen LogP contribution < -0.4 is 0 Å². The molecule has 0 aliphatic carbocycles. The number of ether oxygens (including phenoxy) is 1. The van der Waals surface area contributed by atoms with Crippen LogP contribution in [0.2, 0.25) is 0 Å². The quantitative estimate of drug-likeness (QED) is 0.446. The monoisotopic (exact) mass is 157 g/mol.